The summed E-state index contributed by atoms with van der Waals surface area (Å²) in [5.41, 5.74) is 1.87. The molecule has 2 aliphatic rings. The van der Waals surface area contributed by atoms with E-state index in [1.165, 1.54) is 6.42 Å². The van der Waals surface area contributed by atoms with Crippen LogP contribution in [0.2, 0.25) is 0 Å². The van der Waals surface area contributed by atoms with Crippen LogP contribution in [-0.2, 0) is 11.3 Å². The second kappa shape index (κ2) is 8.14. The van der Waals surface area contributed by atoms with Crippen molar-refractivity contribution in [3.05, 3.63) is 53.2 Å². The molecule has 6 nitrogen and oxygen atoms in total. The lowest BCUT2D eigenvalue weighted by Gasteiger charge is -2.38. The van der Waals surface area contributed by atoms with Gasteiger partial charge in [0.05, 0.1) is 23.7 Å². The molecule has 2 aromatic heterocycles. The minimum atomic E-state index is -0.498. The zero-order chi connectivity index (χ0) is 20.5. The average molecular weight is 424 g/mol. The number of piperidine rings is 1. The average Bonchev–Trinajstić information content (AvgIpc) is 3.44. The maximum atomic E-state index is 13.1. The Morgan fingerprint density at radius 2 is 2.00 bits per heavy atom. The van der Waals surface area contributed by atoms with Crippen LogP contribution in [0.15, 0.2) is 46.2 Å². The normalized spacial score (nSPS) is 18.8. The lowest BCUT2D eigenvalue weighted by atomic mass is 10.1. The third kappa shape index (κ3) is 3.69. The van der Waals surface area contributed by atoms with Crippen LogP contribution in [0.1, 0.15) is 30.7 Å². The molecule has 1 fully saturated rings. The highest BCUT2D eigenvalue weighted by atomic mass is 32.1. The molecule has 1 saturated heterocycles. The zero-order valence-corrected chi connectivity index (χ0v) is 17.9. The minimum Gasteiger partial charge on any atom is -0.477 e. The van der Waals surface area contributed by atoms with Crippen molar-refractivity contribution in [3.8, 4) is 16.5 Å². The number of carbonyl (C=O) groups is 1. The van der Waals surface area contributed by atoms with E-state index in [1.54, 1.807) is 11.3 Å². The molecular formula is C23H25N3O3S. The monoisotopic (exact) mass is 423 g/mol. The maximum absolute atomic E-state index is 13.1. The van der Waals surface area contributed by atoms with Crippen molar-refractivity contribution in [2.45, 2.75) is 38.8 Å². The van der Waals surface area contributed by atoms with Gasteiger partial charge in [-0.2, -0.15) is 0 Å². The molecule has 2 aliphatic heterocycles. The van der Waals surface area contributed by atoms with E-state index in [1.807, 2.05) is 53.6 Å². The molecule has 7 heteroatoms. The van der Waals surface area contributed by atoms with Crippen LogP contribution in [0.3, 0.4) is 0 Å². The molecule has 0 aliphatic carbocycles. The molecular weight excluding hydrogens is 398 g/mol. The highest BCUT2D eigenvalue weighted by Gasteiger charge is 2.34. The first-order valence-corrected chi connectivity index (χ1v) is 11.4. The number of ether oxygens (including phenoxy) is 1. The quantitative estimate of drug-likeness (QED) is 0.619. The highest BCUT2D eigenvalue weighted by Crippen LogP contribution is 2.35. The number of hydrogen-bond acceptors (Lipinski definition) is 6. The second-order valence-corrected chi connectivity index (χ2v) is 8.79. The molecule has 1 aromatic carbocycles. The van der Waals surface area contributed by atoms with Crippen molar-refractivity contribution in [3.63, 3.8) is 0 Å². The Hall–Kier alpha value is -2.80. The number of para-hydroxylation sites is 2. The van der Waals surface area contributed by atoms with Gasteiger partial charge in [0.2, 0.25) is 5.89 Å². The third-order valence-electron chi connectivity index (χ3n) is 5.77. The summed E-state index contributed by atoms with van der Waals surface area (Å²) in [4.78, 5) is 23.0. The summed E-state index contributed by atoms with van der Waals surface area (Å²) in [6.07, 6.45) is 2.84. The van der Waals surface area contributed by atoms with E-state index in [9.17, 15) is 4.79 Å². The second-order valence-electron chi connectivity index (χ2n) is 7.84. The molecule has 1 amide bonds. The molecule has 0 saturated carbocycles. The van der Waals surface area contributed by atoms with E-state index in [0.717, 1.165) is 53.7 Å². The molecule has 5 rings (SSSR count). The summed E-state index contributed by atoms with van der Waals surface area (Å²) in [5.74, 6) is 2.30. The summed E-state index contributed by atoms with van der Waals surface area (Å²) < 4.78 is 12.1. The van der Waals surface area contributed by atoms with E-state index >= 15 is 0 Å². The van der Waals surface area contributed by atoms with Crippen molar-refractivity contribution in [2.24, 2.45) is 0 Å². The summed E-state index contributed by atoms with van der Waals surface area (Å²) in [6, 6.07) is 11.9. The standard InChI is InChI=1S/C23H25N3O3S/c1-16-17(24-22(28-16)21-10-7-13-30-21)14-26-15-20(23(27)25-11-5-2-6-12-25)29-19-9-4-3-8-18(19)26/h3-4,7-10,13,20H,2,5-6,11-12,14-15H2,1H3/t20-/m1/s1. The van der Waals surface area contributed by atoms with Gasteiger partial charge in [-0.25, -0.2) is 4.98 Å². The molecule has 3 aromatic rings. The SMILES string of the molecule is Cc1oc(-c2cccs2)nc1CN1C[C@H](C(=O)N2CCCCC2)Oc2ccccc21. The zero-order valence-electron chi connectivity index (χ0n) is 17.0. The van der Waals surface area contributed by atoms with Crippen molar-refractivity contribution < 1.29 is 13.9 Å². The summed E-state index contributed by atoms with van der Waals surface area (Å²) in [7, 11) is 0. The Bertz CT molecular complexity index is 1020. The summed E-state index contributed by atoms with van der Waals surface area (Å²) in [6.45, 7) is 4.68. The first-order chi connectivity index (χ1) is 14.7. The number of anilines is 1. The summed E-state index contributed by atoms with van der Waals surface area (Å²) >= 11 is 1.61. The van der Waals surface area contributed by atoms with Crippen LogP contribution in [0, 0.1) is 6.92 Å². The number of carbonyl (C=O) groups excluding carboxylic acids is 1. The van der Waals surface area contributed by atoms with Crippen molar-refractivity contribution >= 4 is 22.9 Å². The molecule has 0 N–H and O–H groups in total. The predicted molar refractivity (Wildman–Crippen MR) is 117 cm³/mol. The number of nitrogens with zero attached hydrogens (tertiary/aromatic N) is 3. The highest BCUT2D eigenvalue weighted by molar-refractivity contribution is 7.13. The van der Waals surface area contributed by atoms with Crippen LogP contribution in [0.4, 0.5) is 5.69 Å². The third-order valence-corrected chi connectivity index (χ3v) is 6.63. The van der Waals surface area contributed by atoms with E-state index in [0.29, 0.717) is 19.0 Å². The number of fused-ring (bicyclic) bond motifs is 1. The number of benzene rings is 1. The molecule has 4 heterocycles. The van der Waals surface area contributed by atoms with Gasteiger partial charge in [-0.05, 0) is 49.8 Å². The Morgan fingerprint density at radius 1 is 1.17 bits per heavy atom. The van der Waals surface area contributed by atoms with Crippen LogP contribution in [0.25, 0.3) is 10.8 Å². The lowest BCUT2D eigenvalue weighted by Crippen LogP contribution is -2.51. The fraction of sp³-hybridized carbons (Fsp3) is 0.391. The van der Waals surface area contributed by atoms with Gasteiger partial charge in [0.25, 0.3) is 5.91 Å². The van der Waals surface area contributed by atoms with Gasteiger partial charge in [-0.15, -0.1) is 11.3 Å². The number of hydrogen-bond donors (Lipinski definition) is 0. The van der Waals surface area contributed by atoms with Gasteiger partial charge in [0, 0.05) is 13.1 Å². The predicted octanol–water partition coefficient (Wildman–Crippen LogP) is 4.49. The summed E-state index contributed by atoms with van der Waals surface area (Å²) in [5, 5.41) is 2.02. The minimum absolute atomic E-state index is 0.0883. The Balaban J connectivity index is 1.40. The van der Waals surface area contributed by atoms with Gasteiger partial charge in [0.15, 0.2) is 6.10 Å². The first-order valence-electron chi connectivity index (χ1n) is 10.5. The van der Waals surface area contributed by atoms with E-state index < -0.39 is 6.10 Å². The molecule has 0 spiro atoms. The largest absolute Gasteiger partial charge is 0.477 e. The van der Waals surface area contributed by atoms with Gasteiger partial charge in [0.1, 0.15) is 17.2 Å². The fourth-order valence-electron chi connectivity index (χ4n) is 4.16. The van der Waals surface area contributed by atoms with Crippen LogP contribution in [-0.4, -0.2) is 41.5 Å². The number of aromatic nitrogens is 1. The molecule has 1 atom stereocenters. The molecule has 30 heavy (non-hydrogen) atoms. The number of likely N-dealkylation sites (tertiary alicyclic amines) is 1. The fourth-order valence-corrected chi connectivity index (χ4v) is 4.81. The van der Waals surface area contributed by atoms with Gasteiger partial charge in [-0.3, -0.25) is 4.79 Å². The molecule has 0 radical (unpaired) electrons. The van der Waals surface area contributed by atoms with Crippen molar-refractivity contribution in [1.82, 2.24) is 9.88 Å². The molecule has 156 valence electrons. The van der Waals surface area contributed by atoms with Gasteiger partial charge in [-0.1, -0.05) is 18.2 Å². The number of rotatable bonds is 4. The molecule has 0 bridgehead atoms. The first kappa shape index (κ1) is 19.2. The lowest BCUT2D eigenvalue weighted by molar-refractivity contribution is -0.139. The number of amides is 1. The van der Waals surface area contributed by atoms with E-state index in [-0.39, 0.29) is 5.91 Å². The maximum Gasteiger partial charge on any atom is 0.265 e. The van der Waals surface area contributed by atoms with Gasteiger partial charge < -0.3 is 19.0 Å². The number of thiophene rings is 1. The van der Waals surface area contributed by atoms with E-state index in [2.05, 4.69) is 4.90 Å². The van der Waals surface area contributed by atoms with Crippen LogP contribution >= 0.6 is 11.3 Å². The van der Waals surface area contributed by atoms with Crippen molar-refractivity contribution in [1.29, 1.82) is 0 Å². The Labute approximate surface area is 180 Å². The van der Waals surface area contributed by atoms with E-state index in [4.69, 9.17) is 14.1 Å². The van der Waals surface area contributed by atoms with Gasteiger partial charge >= 0.3 is 0 Å². The van der Waals surface area contributed by atoms with Crippen LogP contribution < -0.4 is 9.64 Å². The smallest absolute Gasteiger partial charge is 0.265 e. The number of aryl methyl sites for hydroxylation is 1. The van der Waals surface area contributed by atoms with Crippen LogP contribution in [0.5, 0.6) is 5.75 Å². The van der Waals surface area contributed by atoms with Crippen molar-refractivity contribution in [2.75, 3.05) is 24.5 Å². The molecule has 0 unspecified atom stereocenters. The topological polar surface area (TPSA) is 58.8 Å². The Morgan fingerprint density at radius 3 is 2.80 bits per heavy atom. The number of oxazole rings is 1. The Kier molecular flexibility index (Phi) is 5.21.